The van der Waals surface area contributed by atoms with Crippen LogP contribution in [0, 0.1) is 5.92 Å². The lowest BCUT2D eigenvalue weighted by molar-refractivity contribution is 0.189. The Bertz CT molecular complexity index is 365. The van der Waals surface area contributed by atoms with Crippen molar-refractivity contribution in [3.05, 3.63) is 34.3 Å². The summed E-state index contributed by atoms with van der Waals surface area (Å²) in [6.07, 6.45) is 0.986. The smallest absolute Gasteiger partial charge is 0.0496 e. The van der Waals surface area contributed by atoms with Crippen LogP contribution in [0.2, 0.25) is 0 Å². The molecule has 18 heavy (non-hydrogen) atoms. The van der Waals surface area contributed by atoms with Crippen molar-refractivity contribution in [1.29, 1.82) is 0 Å². The predicted molar refractivity (Wildman–Crippen MR) is 82.6 cm³/mol. The Morgan fingerprint density at radius 1 is 1.33 bits per heavy atom. The van der Waals surface area contributed by atoms with E-state index in [1.807, 2.05) is 0 Å². The van der Waals surface area contributed by atoms with Crippen LogP contribution in [0.4, 0.5) is 0 Å². The quantitative estimate of drug-likeness (QED) is 0.865. The molecule has 1 rings (SSSR count). The van der Waals surface area contributed by atoms with Gasteiger partial charge in [-0.3, -0.25) is 4.90 Å². The Balaban J connectivity index is 2.97. The molecular formula is C15H25BrN2. The molecule has 2 atom stereocenters. The number of likely N-dealkylation sites (N-methyl/N-ethyl adjacent to an activating group) is 1. The molecule has 1 aromatic rings. The molecule has 2 nitrogen and oxygen atoms in total. The first kappa shape index (κ1) is 15.7. The number of hydrogen-bond donors (Lipinski definition) is 1. The molecule has 102 valence electrons. The molecule has 3 heteroatoms. The largest absolute Gasteiger partial charge is 0.326 e. The summed E-state index contributed by atoms with van der Waals surface area (Å²) in [6.45, 7) is 7.70. The molecule has 0 radical (unpaired) electrons. The van der Waals surface area contributed by atoms with Gasteiger partial charge in [0.15, 0.2) is 0 Å². The van der Waals surface area contributed by atoms with Crippen LogP contribution < -0.4 is 5.73 Å². The Morgan fingerprint density at radius 2 is 2.00 bits per heavy atom. The van der Waals surface area contributed by atoms with Gasteiger partial charge in [-0.2, -0.15) is 0 Å². The van der Waals surface area contributed by atoms with Crippen molar-refractivity contribution in [2.75, 3.05) is 13.6 Å². The van der Waals surface area contributed by atoms with E-state index in [0.29, 0.717) is 5.92 Å². The molecule has 2 N–H and O–H groups in total. The maximum absolute atomic E-state index is 6.32. The van der Waals surface area contributed by atoms with E-state index >= 15 is 0 Å². The molecule has 0 amide bonds. The van der Waals surface area contributed by atoms with Crippen molar-refractivity contribution in [2.24, 2.45) is 11.7 Å². The third-order valence-corrected chi connectivity index (χ3v) is 3.69. The molecule has 0 aromatic heterocycles. The second-order valence-electron chi connectivity index (χ2n) is 5.41. The first-order valence-corrected chi connectivity index (χ1v) is 7.46. The number of rotatable bonds is 6. The monoisotopic (exact) mass is 312 g/mol. The van der Waals surface area contributed by atoms with Gasteiger partial charge in [0.25, 0.3) is 0 Å². The van der Waals surface area contributed by atoms with E-state index in [1.165, 1.54) is 5.56 Å². The highest BCUT2D eigenvalue weighted by Gasteiger charge is 2.23. The predicted octanol–water partition coefficient (Wildman–Crippen LogP) is 3.82. The number of nitrogens with two attached hydrogens (primary N) is 1. The molecule has 0 fully saturated rings. The van der Waals surface area contributed by atoms with Gasteiger partial charge in [-0.25, -0.2) is 0 Å². The summed E-state index contributed by atoms with van der Waals surface area (Å²) in [6, 6.07) is 8.94. The van der Waals surface area contributed by atoms with Crippen LogP contribution in [0.3, 0.4) is 0 Å². The van der Waals surface area contributed by atoms with Gasteiger partial charge in [-0.05, 0) is 37.1 Å². The van der Waals surface area contributed by atoms with Crippen molar-refractivity contribution in [2.45, 2.75) is 39.3 Å². The summed E-state index contributed by atoms with van der Waals surface area (Å²) in [5.74, 6) is 0.647. The first-order valence-electron chi connectivity index (χ1n) is 6.67. The molecule has 0 aliphatic carbocycles. The fourth-order valence-corrected chi connectivity index (χ4v) is 2.85. The Morgan fingerprint density at radius 3 is 2.50 bits per heavy atom. The lowest BCUT2D eigenvalue weighted by atomic mass is 9.96. The molecule has 0 spiro atoms. The maximum Gasteiger partial charge on any atom is 0.0496 e. The van der Waals surface area contributed by atoms with E-state index in [-0.39, 0.29) is 12.1 Å². The highest BCUT2D eigenvalue weighted by atomic mass is 79.9. The number of halogens is 1. The van der Waals surface area contributed by atoms with Crippen molar-refractivity contribution in [3.63, 3.8) is 0 Å². The van der Waals surface area contributed by atoms with E-state index in [4.69, 9.17) is 5.73 Å². The van der Waals surface area contributed by atoms with Crippen molar-refractivity contribution in [1.82, 2.24) is 4.90 Å². The zero-order valence-electron chi connectivity index (χ0n) is 11.9. The molecule has 0 saturated carbocycles. The van der Waals surface area contributed by atoms with Crippen molar-refractivity contribution < 1.29 is 0 Å². The zero-order valence-corrected chi connectivity index (χ0v) is 13.4. The van der Waals surface area contributed by atoms with Crippen LogP contribution in [0.1, 0.15) is 38.8 Å². The third-order valence-electron chi connectivity index (χ3n) is 3.20. The highest BCUT2D eigenvalue weighted by molar-refractivity contribution is 9.10. The number of nitrogens with zero attached hydrogens (tertiary/aromatic N) is 1. The second-order valence-corrected chi connectivity index (χ2v) is 6.32. The van der Waals surface area contributed by atoms with Crippen LogP contribution in [0.5, 0.6) is 0 Å². The highest BCUT2D eigenvalue weighted by Crippen LogP contribution is 2.26. The standard InChI is InChI=1S/C15H25BrN2/c1-5-14(17)15(18(4)10-11(2)3)12-7-6-8-13(16)9-12/h6-9,11,14-15H,5,10,17H2,1-4H3. The minimum absolute atomic E-state index is 0.169. The van der Waals surface area contributed by atoms with Gasteiger partial charge in [0.2, 0.25) is 0 Å². The van der Waals surface area contributed by atoms with Crippen molar-refractivity contribution >= 4 is 15.9 Å². The average molecular weight is 313 g/mol. The maximum atomic E-state index is 6.32. The first-order chi connectivity index (χ1) is 8.45. The van der Waals surface area contributed by atoms with Crippen LogP contribution in [-0.4, -0.2) is 24.5 Å². The van der Waals surface area contributed by atoms with Gasteiger partial charge in [0, 0.05) is 23.1 Å². The van der Waals surface area contributed by atoms with Crippen LogP contribution >= 0.6 is 15.9 Å². The van der Waals surface area contributed by atoms with Gasteiger partial charge in [-0.15, -0.1) is 0 Å². The summed E-state index contributed by atoms with van der Waals surface area (Å²) in [4.78, 5) is 2.38. The Kier molecular flexibility index (Phi) is 6.33. The average Bonchev–Trinajstić information content (AvgIpc) is 2.28. The lowest BCUT2D eigenvalue weighted by Crippen LogP contribution is -2.40. The molecular weight excluding hydrogens is 288 g/mol. The second kappa shape index (κ2) is 7.27. The minimum atomic E-state index is 0.169. The lowest BCUT2D eigenvalue weighted by Gasteiger charge is -2.34. The minimum Gasteiger partial charge on any atom is -0.326 e. The molecule has 1 aromatic carbocycles. The summed E-state index contributed by atoms with van der Waals surface area (Å²) in [7, 11) is 2.17. The summed E-state index contributed by atoms with van der Waals surface area (Å²) in [5, 5.41) is 0. The SMILES string of the molecule is CCC(N)C(c1cccc(Br)c1)N(C)CC(C)C. The Labute approximate surface area is 120 Å². The van der Waals surface area contributed by atoms with E-state index in [9.17, 15) is 0 Å². The van der Waals surface area contributed by atoms with Crippen LogP contribution in [-0.2, 0) is 0 Å². The van der Waals surface area contributed by atoms with Gasteiger partial charge < -0.3 is 5.73 Å². The molecule has 2 unspecified atom stereocenters. The van der Waals surface area contributed by atoms with E-state index in [0.717, 1.165) is 17.4 Å². The molecule has 0 aliphatic rings. The molecule has 0 heterocycles. The van der Waals surface area contributed by atoms with E-state index in [2.05, 4.69) is 72.9 Å². The zero-order chi connectivity index (χ0) is 13.7. The van der Waals surface area contributed by atoms with Gasteiger partial charge >= 0.3 is 0 Å². The van der Waals surface area contributed by atoms with Crippen LogP contribution in [0.15, 0.2) is 28.7 Å². The fraction of sp³-hybridized carbons (Fsp3) is 0.600. The van der Waals surface area contributed by atoms with Crippen LogP contribution in [0.25, 0.3) is 0 Å². The van der Waals surface area contributed by atoms with Gasteiger partial charge in [0.1, 0.15) is 0 Å². The summed E-state index contributed by atoms with van der Waals surface area (Å²) < 4.78 is 1.12. The topological polar surface area (TPSA) is 29.3 Å². The van der Waals surface area contributed by atoms with E-state index in [1.54, 1.807) is 0 Å². The number of benzene rings is 1. The molecule has 0 saturated heterocycles. The third kappa shape index (κ3) is 4.38. The Hall–Kier alpha value is -0.380. The molecule has 0 aliphatic heterocycles. The number of hydrogen-bond acceptors (Lipinski definition) is 2. The normalized spacial score (nSPS) is 15.1. The summed E-state index contributed by atoms with van der Waals surface area (Å²) >= 11 is 3.54. The van der Waals surface area contributed by atoms with Gasteiger partial charge in [0.05, 0.1) is 0 Å². The fourth-order valence-electron chi connectivity index (χ4n) is 2.43. The molecule has 0 bridgehead atoms. The summed E-state index contributed by atoms with van der Waals surface area (Å²) in [5.41, 5.74) is 7.61. The van der Waals surface area contributed by atoms with Crippen molar-refractivity contribution in [3.8, 4) is 0 Å². The van der Waals surface area contributed by atoms with Gasteiger partial charge in [-0.1, -0.05) is 48.8 Å². The van der Waals surface area contributed by atoms with E-state index < -0.39 is 0 Å².